The Morgan fingerprint density at radius 1 is 0.958 bits per heavy atom. The van der Waals surface area contributed by atoms with Gasteiger partial charge in [0.05, 0.1) is 0 Å². The molecule has 2 amide bonds. The summed E-state index contributed by atoms with van der Waals surface area (Å²) in [5.41, 5.74) is 4.12. The van der Waals surface area contributed by atoms with Crippen LogP contribution in [0.1, 0.15) is 30.5 Å². The first-order valence-electron chi connectivity index (χ1n) is 7.95. The molecule has 126 valence electrons. The van der Waals surface area contributed by atoms with Gasteiger partial charge in [0.1, 0.15) is 0 Å². The van der Waals surface area contributed by atoms with E-state index in [1.807, 2.05) is 39.0 Å². The number of amides is 2. The standard InChI is InChI=1S/C19H21ClN2O2/c1-4-13-7-6-8-14(5-2)17(13)22-19(24)18(23)21-16-10-9-15(20)11-12(16)3/h6-11H,4-5H2,1-3H3,(H,21,23)(H,22,24). The summed E-state index contributed by atoms with van der Waals surface area (Å²) in [4.78, 5) is 24.5. The fourth-order valence-corrected chi connectivity index (χ4v) is 2.75. The summed E-state index contributed by atoms with van der Waals surface area (Å²) >= 11 is 5.90. The van der Waals surface area contributed by atoms with E-state index in [1.165, 1.54) is 0 Å². The van der Waals surface area contributed by atoms with Crippen molar-refractivity contribution in [2.75, 3.05) is 10.6 Å². The molecule has 0 radical (unpaired) electrons. The Morgan fingerprint density at radius 2 is 1.54 bits per heavy atom. The lowest BCUT2D eigenvalue weighted by Gasteiger charge is -2.14. The number of para-hydroxylation sites is 1. The molecule has 0 unspecified atom stereocenters. The Bertz CT molecular complexity index is 750. The minimum absolute atomic E-state index is 0.569. The number of hydrogen-bond donors (Lipinski definition) is 2. The highest BCUT2D eigenvalue weighted by Crippen LogP contribution is 2.23. The molecule has 0 aliphatic carbocycles. The summed E-state index contributed by atoms with van der Waals surface area (Å²) in [5, 5.41) is 5.96. The van der Waals surface area contributed by atoms with E-state index in [4.69, 9.17) is 11.6 Å². The summed E-state index contributed by atoms with van der Waals surface area (Å²) in [7, 11) is 0. The highest BCUT2D eigenvalue weighted by molar-refractivity contribution is 6.44. The lowest BCUT2D eigenvalue weighted by molar-refractivity contribution is -0.133. The van der Waals surface area contributed by atoms with E-state index in [9.17, 15) is 9.59 Å². The van der Waals surface area contributed by atoms with Crippen molar-refractivity contribution in [2.24, 2.45) is 0 Å². The van der Waals surface area contributed by atoms with Crippen molar-refractivity contribution in [3.63, 3.8) is 0 Å². The van der Waals surface area contributed by atoms with Gasteiger partial charge in [0.2, 0.25) is 0 Å². The van der Waals surface area contributed by atoms with Gasteiger partial charge in [-0.2, -0.15) is 0 Å². The number of benzene rings is 2. The lowest BCUT2D eigenvalue weighted by Crippen LogP contribution is -2.30. The molecule has 0 aliphatic rings. The summed E-state index contributed by atoms with van der Waals surface area (Å²) < 4.78 is 0. The first-order valence-corrected chi connectivity index (χ1v) is 8.33. The van der Waals surface area contributed by atoms with Crippen molar-refractivity contribution in [1.29, 1.82) is 0 Å². The van der Waals surface area contributed by atoms with Crippen molar-refractivity contribution in [1.82, 2.24) is 0 Å². The Hall–Kier alpha value is -2.33. The summed E-state index contributed by atoms with van der Waals surface area (Å²) in [5.74, 6) is -1.38. The molecule has 4 nitrogen and oxygen atoms in total. The number of anilines is 2. The molecule has 0 atom stereocenters. The molecule has 2 aromatic rings. The van der Waals surface area contributed by atoms with Gasteiger partial charge in [-0.3, -0.25) is 9.59 Å². The third-order valence-electron chi connectivity index (χ3n) is 3.88. The van der Waals surface area contributed by atoms with Crippen LogP contribution in [0.5, 0.6) is 0 Å². The van der Waals surface area contributed by atoms with Crippen molar-refractivity contribution in [3.05, 3.63) is 58.1 Å². The van der Waals surface area contributed by atoms with E-state index in [-0.39, 0.29) is 0 Å². The summed E-state index contributed by atoms with van der Waals surface area (Å²) in [6.07, 6.45) is 1.56. The monoisotopic (exact) mass is 344 g/mol. The molecule has 2 N–H and O–H groups in total. The second kappa shape index (κ2) is 7.97. The van der Waals surface area contributed by atoms with Crippen LogP contribution in [0.15, 0.2) is 36.4 Å². The number of aryl methyl sites for hydroxylation is 3. The van der Waals surface area contributed by atoms with E-state index >= 15 is 0 Å². The molecule has 0 aliphatic heterocycles. The minimum Gasteiger partial charge on any atom is -0.318 e. The highest BCUT2D eigenvalue weighted by atomic mass is 35.5. The largest absolute Gasteiger partial charge is 0.318 e. The van der Waals surface area contributed by atoms with Crippen LogP contribution < -0.4 is 10.6 Å². The zero-order valence-electron chi connectivity index (χ0n) is 14.1. The fraction of sp³-hybridized carbons (Fsp3) is 0.263. The molecular formula is C19H21ClN2O2. The first-order chi connectivity index (χ1) is 11.5. The van der Waals surface area contributed by atoms with E-state index in [0.717, 1.165) is 35.2 Å². The molecule has 0 spiro atoms. The molecular weight excluding hydrogens is 324 g/mol. The number of carbonyl (C=O) groups is 2. The second-order valence-corrected chi connectivity index (χ2v) is 5.96. The highest BCUT2D eigenvalue weighted by Gasteiger charge is 2.17. The Balaban J connectivity index is 2.16. The van der Waals surface area contributed by atoms with Gasteiger partial charge in [-0.1, -0.05) is 43.6 Å². The van der Waals surface area contributed by atoms with Crippen molar-refractivity contribution in [2.45, 2.75) is 33.6 Å². The predicted molar refractivity (Wildman–Crippen MR) is 98.6 cm³/mol. The van der Waals surface area contributed by atoms with Crippen LogP contribution in [-0.4, -0.2) is 11.8 Å². The van der Waals surface area contributed by atoms with Crippen molar-refractivity contribution < 1.29 is 9.59 Å². The van der Waals surface area contributed by atoms with Crippen LogP contribution in [0, 0.1) is 6.92 Å². The first kappa shape index (κ1) is 18.0. The van der Waals surface area contributed by atoms with E-state index in [0.29, 0.717) is 10.7 Å². The Kier molecular flexibility index (Phi) is 5.99. The fourth-order valence-electron chi connectivity index (χ4n) is 2.52. The molecule has 5 heteroatoms. The molecule has 0 saturated carbocycles. The maximum Gasteiger partial charge on any atom is 0.314 e. The molecule has 0 heterocycles. The molecule has 24 heavy (non-hydrogen) atoms. The minimum atomic E-state index is -0.701. The van der Waals surface area contributed by atoms with Crippen LogP contribution in [0.2, 0.25) is 5.02 Å². The quantitative estimate of drug-likeness (QED) is 0.810. The van der Waals surface area contributed by atoms with Gasteiger partial charge in [-0.25, -0.2) is 0 Å². The number of hydrogen-bond acceptors (Lipinski definition) is 2. The molecule has 0 aromatic heterocycles. The lowest BCUT2D eigenvalue weighted by atomic mass is 10.0. The number of halogens is 1. The van der Waals surface area contributed by atoms with E-state index in [2.05, 4.69) is 10.6 Å². The SMILES string of the molecule is CCc1cccc(CC)c1NC(=O)C(=O)Nc1ccc(Cl)cc1C. The van der Waals surface area contributed by atoms with Gasteiger partial charge >= 0.3 is 11.8 Å². The predicted octanol–water partition coefficient (Wildman–Crippen LogP) is 4.35. The normalized spacial score (nSPS) is 10.3. The molecule has 0 fully saturated rings. The van der Waals surface area contributed by atoms with Crippen LogP contribution in [0.3, 0.4) is 0 Å². The third kappa shape index (κ3) is 4.15. The van der Waals surface area contributed by atoms with Gasteiger partial charge in [-0.15, -0.1) is 0 Å². The summed E-state index contributed by atoms with van der Waals surface area (Å²) in [6.45, 7) is 5.85. The number of nitrogens with one attached hydrogen (secondary N) is 2. The molecule has 0 saturated heterocycles. The topological polar surface area (TPSA) is 58.2 Å². The Labute approximate surface area is 147 Å². The zero-order valence-corrected chi connectivity index (χ0v) is 14.8. The molecule has 0 bridgehead atoms. The smallest absolute Gasteiger partial charge is 0.314 e. The zero-order chi connectivity index (χ0) is 17.7. The third-order valence-corrected chi connectivity index (χ3v) is 4.12. The number of carbonyl (C=O) groups excluding carboxylic acids is 2. The average Bonchev–Trinajstić information content (AvgIpc) is 2.57. The van der Waals surface area contributed by atoms with Crippen molar-refractivity contribution >= 4 is 34.8 Å². The Morgan fingerprint density at radius 3 is 2.08 bits per heavy atom. The number of rotatable bonds is 4. The van der Waals surface area contributed by atoms with Crippen LogP contribution in [0.4, 0.5) is 11.4 Å². The van der Waals surface area contributed by atoms with Crippen LogP contribution in [-0.2, 0) is 22.4 Å². The van der Waals surface area contributed by atoms with E-state index < -0.39 is 11.8 Å². The average molecular weight is 345 g/mol. The molecule has 2 rings (SSSR count). The van der Waals surface area contributed by atoms with Gasteiger partial charge in [0.25, 0.3) is 0 Å². The molecule has 2 aromatic carbocycles. The van der Waals surface area contributed by atoms with Gasteiger partial charge in [-0.05, 0) is 54.7 Å². The van der Waals surface area contributed by atoms with E-state index in [1.54, 1.807) is 18.2 Å². The maximum absolute atomic E-state index is 12.3. The van der Waals surface area contributed by atoms with Gasteiger partial charge in [0.15, 0.2) is 0 Å². The summed E-state index contributed by atoms with van der Waals surface area (Å²) in [6, 6.07) is 11.0. The second-order valence-electron chi connectivity index (χ2n) is 5.53. The van der Waals surface area contributed by atoms with Crippen molar-refractivity contribution in [3.8, 4) is 0 Å². The van der Waals surface area contributed by atoms with Crippen LogP contribution in [0.25, 0.3) is 0 Å². The van der Waals surface area contributed by atoms with Gasteiger partial charge < -0.3 is 10.6 Å². The maximum atomic E-state index is 12.3. The van der Waals surface area contributed by atoms with Gasteiger partial charge in [0, 0.05) is 16.4 Å². The van der Waals surface area contributed by atoms with Crippen LogP contribution >= 0.6 is 11.6 Å².